The lowest BCUT2D eigenvalue weighted by Crippen LogP contribution is -2.62. The molecule has 8 atom stereocenters. The standard InChI is InChI=1S/C50H66N8O10/c1-29(2)41(57-45(61)31(5)51-49(65)53-35-19-23-37(67-7)24-20-35)47(63)55-39(27-33-15-11-9-12-16-33)43(59)44(60)40(28-34-17-13-10-14-18-34)56-48(64)42(30(3)4)58-46(62)32(6)52-50(66)54-36-21-25-38(68-8)26-22-36/h9-26,29-32,39-44,59-60H,27-28H2,1-8H3,(H,55,63)(H,56,64)(H,57,61)(H,58,62)(H2,51,53,65)(H2,52,54,66)/t31-,32-,39-,40-,41-,42-,43?,44?/m0/s1. The number of nitrogens with one attached hydrogen (secondary N) is 8. The maximum atomic E-state index is 14.2. The van der Waals surface area contributed by atoms with Crippen LogP contribution in [0.25, 0.3) is 0 Å². The number of urea groups is 2. The molecule has 0 spiro atoms. The van der Waals surface area contributed by atoms with Crippen LogP contribution in [0, 0.1) is 11.8 Å². The number of carbonyl (C=O) groups excluding carboxylic acids is 6. The van der Waals surface area contributed by atoms with E-state index in [9.17, 15) is 39.0 Å². The van der Waals surface area contributed by atoms with E-state index in [4.69, 9.17) is 9.47 Å². The number of methoxy groups -OCH3 is 2. The molecule has 4 rings (SSSR count). The van der Waals surface area contributed by atoms with Crippen LogP contribution < -0.4 is 52.0 Å². The first-order valence-electron chi connectivity index (χ1n) is 22.5. The summed E-state index contributed by atoms with van der Waals surface area (Å²) in [6.07, 6.45) is -3.31. The first-order chi connectivity index (χ1) is 32.4. The van der Waals surface area contributed by atoms with Gasteiger partial charge in [-0.1, -0.05) is 88.4 Å². The molecule has 0 aliphatic carbocycles. The van der Waals surface area contributed by atoms with Crippen molar-refractivity contribution in [3.8, 4) is 11.5 Å². The highest BCUT2D eigenvalue weighted by Gasteiger charge is 2.38. The molecule has 366 valence electrons. The van der Waals surface area contributed by atoms with Crippen molar-refractivity contribution in [2.75, 3.05) is 24.9 Å². The molecule has 0 aliphatic rings. The number of aliphatic hydroxyl groups excluding tert-OH is 2. The monoisotopic (exact) mass is 938 g/mol. The lowest BCUT2D eigenvalue weighted by atomic mass is 9.90. The van der Waals surface area contributed by atoms with Gasteiger partial charge in [-0.05, 0) is 98.2 Å². The SMILES string of the molecule is COc1ccc(NC(=O)N[C@@H](C)C(=O)N[C@H](C(=O)N[C@@H](Cc2ccccc2)C(O)C(O)[C@H](Cc2ccccc2)NC(=O)[C@@H](NC(=O)[C@H](C)NC(=O)Nc2ccc(OC)cc2)C(C)C)C(C)C)cc1. The van der Waals surface area contributed by atoms with Crippen LogP contribution in [-0.2, 0) is 32.0 Å². The summed E-state index contributed by atoms with van der Waals surface area (Å²) in [5.41, 5.74) is 2.34. The third kappa shape index (κ3) is 16.6. The van der Waals surface area contributed by atoms with Gasteiger partial charge in [0.2, 0.25) is 23.6 Å². The zero-order valence-electron chi connectivity index (χ0n) is 39.7. The molecule has 10 N–H and O–H groups in total. The number of aliphatic hydroxyl groups is 2. The third-order valence-corrected chi connectivity index (χ3v) is 11.1. The Labute approximate surface area is 397 Å². The molecule has 2 unspecified atom stereocenters. The zero-order valence-corrected chi connectivity index (χ0v) is 39.7. The summed E-state index contributed by atoms with van der Waals surface area (Å²) in [5, 5.41) is 45.7. The fraction of sp³-hybridized carbons (Fsp3) is 0.400. The molecule has 4 aromatic rings. The van der Waals surface area contributed by atoms with Gasteiger partial charge in [-0.2, -0.15) is 0 Å². The molecule has 18 nitrogen and oxygen atoms in total. The number of hydrogen-bond donors (Lipinski definition) is 10. The maximum Gasteiger partial charge on any atom is 0.319 e. The Kier molecular flexibility index (Phi) is 20.6. The van der Waals surface area contributed by atoms with Crippen molar-refractivity contribution < 1.29 is 48.5 Å². The average Bonchev–Trinajstić information content (AvgIpc) is 3.32. The van der Waals surface area contributed by atoms with E-state index in [1.54, 1.807) is 125 Å². The average molecular weight is 939 g/mol. The van der Waals surface area contributed by atoms with Gasteiger partial charge < -0.3 is 62.2 Å². The fourth-order valence-electron chi connectivity index (χ4n) is 7.11. The topological polar surface area (TPSA) is 258 Å². The number of ether oxygens (including phenoxy) is 2. The van der Waals surface area contributed by atoms with Crippen molar-refractivity contribution >= 4 is 47.1 Å². The highest BCUT2D eigenvalue weighted by molar-refractivity contribution is 5.96. The Hall–Kier alpha value is -7.18. The van der Waals surface area contributed by atoms with E-state index in [0.29, 0.717) is 34.0 Å². The Morgan fingerprint density at radius 2 is 0.765 bits per heavy atom. The van der Waals surface area contributed by atoms with Crippen LogP contribution in [0.5, 0.6) is 11.5 Å². The fourth-order valence-corrected chi connectivity index (χ4v) is 7.11. The Bertz CT molecular complexity index is 2090. The van der Waals surface area contributed by atoms with Gasteiger partial charge in [-0.3, -0.25) is 19.2 Å². The van der Waals surface area contributed by atoms with Crippen molar-refractivity contribution in [2.45, 2.75) is 103 Å². The highest BCUT2D eigenvalue weighted by atomic mass is 16.5. The Balaban J connectivity index is 1.50. The zero-order chi connectivity index (χ0) is 49.9. The highest BCUT2D eigenvalue weighted by Crippen LogP contribution is 2.19. The van der Waals surface area contributed by atoms with Crippen LogP contribution >= 0.6 is 0 Å². The maximum absolute atomic E-state index is 14.2. The summed E-state index contributed by atoms with van der Waals surface area (Å²) >= 11 is 0. The minimum absolute atomic E-state index is 0.0423. The number of amides is 8. The molecule has 0 saturated carbocycles. The first kappa shape index (κ1) is 53.4. The van der Waals surface area contributed by atoms with E-state index in [1.165, 1.54) is 28.1 Å². The van der Waals surface area contributed by atoms with Crippen molar-refractivity contribution in [1.29, 1.82) is 0 Å². The largest absolute Gasteiger partial charge is 0.497 e. The van der Waals surface area contributed by atoms with Gasteiger partial charge in [0.05, 0.1) is 26.3 Å². The van der Waals surface area contributed by atoms with Gasteiger partial charge >= 0.3 is 12.1 Å². The van der Waals surface area contributed by atoms with E-state index < -0.39 is 96.0 Å². The van der Waals surface area contributed by atoms with Gasteiger partial charge in [0.1, 0.15) is 47.9 Å². The molecule has 0 bridgehead atoms. The second-order valence-corrected chi connectivity index (χ2v) is 17.1. The van der Waals surface area contributed by atoms with Crippen LogP contribution in [0.15, 0.2) is 109 Å². The summed E-state index contributed by atoms with van der Waals surface area (Å²) in [7, 11) is 3.04. The summed E-state index contributed by atoms with van der Waals surface area (Å²) in [4.78, 5) is 80.7. The Morgan fingerprint density at radius 3 is 1.06 bits per heavy atom. The minimum atomic E-state index is -1.69. The number of carbonyl (C=O) groups is 6. The predicted octanol–water partition coefficient (Wildman–Crippen LogP) is 3.88. The molecule has 0 radical (unpaired) electrons. The minimum Gasteiger partial charge on any atom is -0.497 e. The van der Waals surface area contributed by atoms with Crippen molar-refractivity contribution in [2.24, 2.45) is 11.8 Å². The summed E-state index contributed by atoms with van der Waals surface area (Å²) in [6.45, 7) is 9.82. The first-order valence-corrected chi connectivity index (χ1v) is 22.5. The molecule has 18 heteroatoms. The molecule has 4 aromatic carbocycles. The van der Waals surface area contributed by atoms with E-state index in [1.807, 2.05) is 12.1 Å². The molecule has 0 aromatic heterocycles. The number of hydrogen-bond acceptors (Lipinski definition) is 10. The number of anilines is 2. The lowest BCUT2D eigenvalue weighted by Gasteiger charge is -2.35. The smallest absolute Gasteiger partial charge is 0.319 e. The van der Waals surface area contributed by atoms with Crippen LogP contribution in [-0.4, -0.2) is 109 Å². The van der Waals surface area contributed by atoms with Gasteiger partial charge in [-0.15, -0.1) is 0 Å². The van der Waals surface area contributed by atoms with Gasteiger partial charge in [0.15, 0.2) is 0 Å². The summed E-state index contributed by atoms with van der Waals surface area (Å²) in [5.74, 6) is -2.36. The summed E-state index contributed by atoms with van der Waals surface area (Å²) < 4.78 is 10.3. The molecule has 0 saturated heterocycles. The molecule has 68 heavy (non-hydrogen) atoms. The van der Waals surface area contributed by atoms with Crippen LogP contribution in [0.3, 0.4) is 0 Å². The number of rotatable bonds is 23. The molecule has 0 fully saturated rings. The van der Waals surface area contributed by atoms with Crippen LogP contribution in [0.1, 0.15) is 52.7 Å². The van der Waals surface area contributed by atoms with E-state index in [0.717, 1.165) is 0 Å². The quantitative estimate of drug-likeness (QED) is 0.0514. The molecule has 0 heterocycles. The second-order valence-electron chi connectivity index (χ2n) is 17.1. The second kappa shape index (κ2) is 26.2. The molecular formula is C50H66N8O10. The van der Waals surface area contributed by atoms with Crippen molar-refractivity contribution in [1.82, 2.24) is 31.9 Å². The molecular weight excluding hydrogens is 873 g/mol. The van der Waals surface area contributed by atoms with Crippen molar-refractivity contribution in [3.05, 3.63) is 120 Å². The lowest BCUT2D eigenvalue weighted by molar-refractivity contribution is -0.133. The van der Waals surface area contributed by atoms with Gasteiger partial charge in [-0.25, -0.2) is 9.59 Å². The van der Waals surface area contributed by atoms with E-state index >= 15 is 0 Å². The van der Waals surface area contributed by atoms with Gasteiger partial charge in [0, 0.05) is 11.4 Å². The van der Waals surface area contributed by atoms with E-state index in [2.05, 4.69) is 42.5 Å². The van der Waals surface area contributed by atoms with Crippen LogP contribution in [0.4, 0.5) is 21.0 Å². The third-order valence-electron chi connectivity index (χ3n) is 11.1. The van der Waals surface area contributed by atoms with E-state index in [-0.39, 0.29) is 12.8 Å². The van der Waals surface area contributed by atoms with Crippen molar-refractivity contribution in [3.63, 3.8) is 0 Å². The predicted molar refractivity (Wildman–Crippen MR) is 259 cm³/mol. The summed E-state index contributed by atoms with van der Waals surface area (Å²) in [6, 6.07) is 23.1. The number of benzene rings is 4. The molecule has 0 aliphatic heterocycles. The van der Waals surface area contributed by atoms with Gasteiger partial charge in [0.25, 0.3) is 0 Å². The normalized spacial score (nSPS) is 14.6. The van der Waals surface area contributed by atoms with Crippen LogP contribution in [0.2, 0.25) is 0 Å². The molecule has 8 amide bonds. The Morgan fingerprint density at radius 1 is 0.441 bits per heavy atom.